The number of ether oxygens (including phenoxy) is 2. The molecule has 0 saturated carbocycles. The molecule has 0 heterocycles. The topological polar surface area (TPSA) is 87.3 Å². The monoisotopic (exact) mass is 261 g/mol. The van der Waals surface area contributed by atoms with Gasteiger partial charge in [0.1, 0.15) is 0 Å². The van der Waals surface area contributed by atoms with Crippen molar-refractivity contribution >= 4 is 23.4 Å². The van der Waals surface area contributed by atoms with Gasteiger partial charge in [0.05, 0.1) is 20.8 Å². The lowest BCUT2D eigenvalue weighted by atomic mass is 10.2. The zero-order chi connectivity index (χ0) is 14.3. The van der Waals surface area contributed by atoms with Gasteiger partial charge in [0.15, 0.2) is 5.71 Å². The van der Waals surface area contributed by atoms with Crippen molar-refractivity contribution in [2.24, 2.45) is 4.99 Å². The fourth-order valence-corrected chi connectivity index (χ4v) is 1.28. The van der Waals surface area contributed by atoms with Crippen LogP contribution in [0.3, 0.4) is 0 Å². The minimum atomic E-state index is -1.04. The first-order valence-corrected chi connectivity index (χ1v) is 5.41. The van der Waals surface area contributed by atoms with Crippen LogP contribution in [0.1, 0.15) is 5.56 Å². The highest BCUT2D eigenvalue weighted by atomic mass is 16.5. The van der Waals surface area contributed by atoms with E-state index < -0.39 is 23.4 Å². The first kappa shape index (κ1) is 14.6. The molecule has 0 aromatic heterocycles. The Morgan fingerprint density at radius 2 is 1.68 bits per heavy atom. The molecule has 0 unspecified atom stereocenters. The third-order valence-corrected chi connectivity index (χ3v) is 2.24. The van der Waals surface area contributed by atoms with E-state index in [9.17, 15) is 15.0 Å². The van der Waals surface area contributed by atoms with Gasteiger partial charge in [-0.05, 0) is 5.56 Å². The van der Waals surface area contributed by atoms with Crippen LogP contribution in [0.5, 0.6) is 0 Å². The number of rotatable bonds is 5. The highest BCUT2D eigenvalue weighted by molar-refractivity contribution is 6.78. The Kier molecular flexibility index (Phi) is 5.40. The van der Waals surface area contributed by atoms with E-state index in [4.69, 9.17) is 0 Å². The van der Waals surface area contributed by atoms with Crippen LogP contribution in [0, 0.1) is 0 Å². The highest BCUT2D eigenvalue weighted by Crippen LogP contribution is 2.01. The van der Waals surface area contributed by atoms with E-state index in [1.165, 1.54) is 0 Å². The van der Waals surface area contributed by atoms with Crippen LogP contribution in [0.15, 0.2) is 35.3 Å². The van der Waals surface area contributed by atoms with Crippen molar-refractivity contribution < 1.29 is 19.1 Å². The summed E-state index contributed by atoms with van der Waals surface area (Å²) in [6.45, 7) is 0.131. The van der Waals surface area contributed by atoms with Gasteiger partial charge in [-0.2, -0.15) is 0 Å². The van der Waals surface area contributed by atoms with E-state index in [2.05, 4.69) is 14.5 Å². The smallest absolute Gasteiger partial charge is 0.361 e. The number of benzene rings is 1. The highest BCUT2D eigenvalue weighted by Gasteiger charge is 2.25. The van der Waals surface area contributed by atoms with E-state index in [0.29, 0.717) is 0 Å². The molecule has 0 bridgehead atoms. The molecule has 19 heavy (non-hydrogen) atoms. The van der Waals surface area contributed by atoms with E-state index in [1.807, 2.05) is 18.2 Å². The molecule has 0 saturated heterocycles. The number of carbonyl (C=O) groups is 2. The molecule has 0 spiro atoms. The van der Waals surface area contributed by atoms with Gasteiger partial charge in [-0.15, -0.1) is 5.41 Å². The van der Waals surface area contributed by atoms with Gasteiger partial charge in [-0.3, -0.25) is 4.99 Å². The standard InChI is InChI=1S/C13H13N2O4/c1-18-12(16)10(14)11(13(17)19-2)15-8-9-6-4-3-5-7-9/h3-7H,8H2,1-2H3. The lowest BCUT2D eigenvalue weighted by Gasteiger charge is -2.04. The third-order valence-electron chi connectivity index (χ3n) is 2.24. The van der Waals surface area contributed by atoms with Crippen LogP contribution in [0.25, 0.3) is 0 Å². The maximum atomic E-state index is 11.5. The van der Waals surface area contributed by atoms with Crippen molar-refractivity contribution in [1.82, 2.24) is 5.41 Å². The molecule has 6 nitrogen and oxygen atoms in total. The number of aliphatic imine (C=N–C) groups is 1. The molecule has 0 aliphatic heterocycles. The normalized spacial score (nSPS) is 10.7. The van der Waals surface area contributed by atoms with E-state index in [-0.39, 0.29) is 6.54 Å². The molecular weight excluding hydrogens is 248 g/mol. The minimum Gasteiger partial charge on any atom is -0.464 e. The Morgan fingerprint density at radius 1 is 1.11 bits per heavy atom. The van der Waals surface area contributed by atoms with E-state index in [0.717, 1.165) is 19.8 Å². The van der Waals surface area contributed by atoms with Gasteiger partial charge in [0, 0.05) is 0 Å². The summed E-state index contributed by atoms with van der Waals surface area (Å²) >= 11 is 0. The number of nitrogens with zero attached hydrogens (tertiary/aromatic N) is 2. The Morgan fingerprint density at radius 3 is 2.21 bits per heavy atom. The van der Waals surface area contributed by atoms with Gasteiger partial charge in [0.2, 0.25) is 5.71 Å². The maximum Gasteiger partial charge on any atom is 0.361 e. The summed E-state index contributed by atoms with van der Waals surface area (Å²) in [4.78, 5) is 26.5. The average molecular weight is 261 g/mol. The largest absolute Gasteiger partial charge is 0.464 e. The molecule has 0 fully saturated rings. The fraction of sp³-hybridized carbons (Fsp3) is 0.231. The number of esters is 2. The van der Waals surface area contributed by atoms with Crippen molar-refractivity contribution in [3.8, 4) is 0 Å². The molecular formula is C13H13N2O4. The summed E-state index contributed by atoms with van der Waals surface area (Å²) in [7, 11) is 2.22. The second-order valence-electron chi connectivity index (χ2n) is 3.48. The van der Waals surface area contributed by atoms with Crippen LogP contribution in [-0.2, 0) is 25.6 Å². The number of methoxy groups -OCH3 is 2. The van der Waals surface area contributed by atoms with Crippen molar-refractivity contribution in [1.29, 1.82) is 0 Å². The zero-order valence-corrected chi connectivity index (χ0v) is 10.6. The van der Waals surface area contributed by atoms with Crippen molar-refractivity contribution in [2.45, 2.75) is 6.54 Å². The molecule has 6 heteroatoms. The van der Waals surface area contributed by atoms with Gasteiger partial charge in [-0.25, -0.2) is 9.59 Å². The lowest BCUT2D eigenvalue weighted by Crippen LogP contribution is -2.33. The van der Waals surface area contributed by atoms with Crippen LogP contribution in [0.4, 0.5) is 0 Å². The molecule has 1 radical (unpaired) electrons. The second-order valence-corrected chi connectivity index (χ2v) is 3.48. The van der Waals surface area contributed by atoms with Crippen molar-refractivity contribution in [2.75, 3.05) is 14.2 Å². The zero-order valence-electron chi connectivity index (χ0n) is 10.6. The SMILES string of the molecule is COC(=O)C(=[N])C(=NCc1ccccc1)C(=O)OC. The fourth-order valence-electron chi connectivity index (χ4n) is 1.28. The van der Waals surface area contributed by atoms with Gasteiger partial charge >= 0.3 is 11.9 Å². The summed E-state index contributed by atoms with van der Waals surface area (Å²) < 4.78 is 8.78. The van der Waals surface area contributed by atoms with Crippen molar-refractivity contribution in [3.05, 3.63) is 35.9 Å². The summed E-state index contributed by atoms with van der Waals surface area (Å²) in [5.41, 5.74) is -0.509. The van der Waals surface area contributed by atoms with E-state index >= 15 is 0 Å². The van der Waals surface area contributed by atoms with E-state index in [1.54, 1.807) is 12.1 Å². The Balaban J connectivity index is 2.94. The number of hydrogen-bond acceptors (Lipinski definition) is 5. The van der Waals surface area contributed by atoms with Crippen LogP contribution < -0.4 is 5.41 Å². The summed E-state index contributed by atoms with van der Waals surface area (Å²) in [6, 6.07) is 9.06. The molecule has 1 rings (SSSR count). The summed E-state index contributed by atoms with van der Waals surface area (Å²) in [6.07, 6.45) is 0. The van der Waals surface area contributed by atoms with Gasteiger partial charge in [-0.1, -0.05) is 30.3 Å². The molecule has 0 aliphatic carbocycles. The molecule has 0 amide bonds. The maximum absolute atomic E-state index is 11.5. The Labute approximate surface area is 110 Å². The average Bonchev–Trinajstić information content (AvgIpc) is 2.47. The molecule has 99 valence electrons. The first-order chi connectivity index (χ1) is 9.10. The summed E-state index contributed by atoms with van der Waals surface area (Å²) in [5, 5.41) is 9.57. The molecule has 1 aromatic rings. The lowest BCUT2D eigenvalue weighted by molar-refractivity contribution is -0.134. The van der Waals surface area contributed by atoms with Gasteiger partial charge in [0.25, 0.3) is 0 Å². The van der Waals surface area contributed by atoms with Crippen LogP contribution in [0.2, 0.25) is 0 Å². The second kappa shape index (κ2) is 7.05. The molecule has 0 atom stereocenters. The Bertz CT molecular complexity index is 509. The minimum absolute atomic E-state index is 0.131. The molecule has 0 aliphatic rings. The van der Waals surface area contributed by atoms with Crippen LogP contribution in [-0.4, -0.2) is 37.6 Å². The van der Waals surface area contributed by atoms with Crippen molar-refractivity contribution in [3.63, 3.8) is 0 Å². The molecule has 1 aromatic carbocycles. The summed E-state index contributed by atoms with van der Waals surface area (Å²) in [5.74, 6) is -1.95. The first-order valence-electron chi connectivity index (χ1n) is 5.41. The number of carbonyl (C=O) groups excluding carboxylic acids is 2. The van der Waals surface area contributed by atoms with Crippen LogP contribution >= 0.6 is 0 Å². The quantitative estimate of drug-likeness (QED) is 0.560. The Hall–Kier alpha value is -2.50. The number of hydrogen-bond donors (Lipinski definition) is 0. The third kappa shape index (κ3) is 4.02. The molecule has 0 N–H and O–H groups in total. The predicted molar refractivity (Wildman–Crippen MR) is 68.8 cm³/mol. The predicted octanol–water partition coefficient (Wildman–Crippen LogP) is 0.215. The van der Waals surface area contributed by atoms with Gasteiger partial charge < -0.3 is 9.47 Å².